The summed E-state index contributed by atoms with van der Waals surface area (Å²) in [6.45, 7) is 9.12. The standard InChI is InChI=1S/C30H42N4O6S2/c1-4-7-18-34(19-8-5-2)42(38,39)23-13-11-22(12-14-23)27(35)31-28-26(29(36)32-16-9-10-17-32)24-15-20-33(21-25(24)41-28)30(37)40-6-3/h11-14H,4-10,15-21H2,1-3H3,(H,31,35). The van der Waals surface area contributed by atoms with Crippen molar-refractivity contribution in [2.75, 3.05) is 44.6 Å². The van der Waals surface area contributed by atoms with E-state index in [1.807, 2.05) is 18.7 Å². The first-order valence-electron chi connectivity index (χ1n) is 15.0. The van der Waals surface area contributed by atoms with Gasteiger partial charge in [0.15, 0.2) is 0 Å². The Morgan fingerprint density at radius 2 is 1.60 bits per heavy atom. The highest BCUT2D eigenvalue weighted by Gasteiger charge is 2.33. The quantitative estimate of drug-likeness (QED) is 0.343. The molecular formula is C30H42N4O6S2. The molecule has 1 N–H and O–H groups in total. The van der Waals surface area contributed by atoms with E-state index in [0.29, 0.717) is 61.8 Å². The Morgan fingerprint density at radius 1 is 0.952 bits per heavy atom. The molecule has 3 heterocycles. The van der Waals surface area contributed by atoms with Crippen molar-refractivity contribution in [3.05, 3.63) is 45.8 Å². The fraction of sp³-hybridized carbons (Fsp3) is 0.567. The fourth-order valence-electron chi connectivity index (χ4n) is 5.29. The number of sulfonamides is 1. The van der Waals surface area contributed by atoms with Crippen molar-refractivity contribution in [1.29, 1.82) is 0 Å². The van der Waals surface area contributed by atoms with E-state index in [-0.39, 0.29) is 17.4 Å². The summed E-state index contributed by atoms with van der Waals surface area (Å²) in [5, 5.41) is 3.39. The van der Waals surface area contributed by atoms with Crippen LogP contribution in [0.3, 0.4) is 0 Å². The number of ether oxygens (including phenoxy) is 1. The van der Waals surface area contributed by atoms with Crippen molar-refractivity contribution in [2.24, 2.45) is 0 Å². The maximum absolute atomic E-state index is 13.6. The Morgan fingerprint density at radius 3 is 2.19 bits per heavy atom. The molecule has 3 amide bonds. The molecule has 1 aromatic heterocycles. The molecular weight excluding hydrogens is 576 g/mol. The van der Waals surface area contributed by atoms with Gasteiger partial charge in [-0.15, -0.1) is 11.3 Å². The third-order valence-corrected chi connectivity index (χ3v) is 10.7. The number of nitrogens with zero attached hydrogens (tertiary/aromatic N) is 3. The monoisotopic (exact) mass is 618 g/mol. The van der Waals surface area contributed by atoms with Gasteiger partial charge in [0.1, 0.15) is 5.00 Å². The van der Waals surface area contributed by atoms with Crippen LogP contribution in [0.5, 0.6) is 0 Å². The molecule has 0 aliphatic carbocycles. The highest BCUT2D eigenvalue weighted by Crippen LogP contribution is 2.39. The number of amides is 3. The molecule has 0 radical (unpaired) electrons. The molecule has 230 valence electrons. The number of anilines is 1. The zero-order valence-electron chi connectivity index (χ0n) is 24.8. The molecule has 42 heavy (non-hydrogen) atoms. The van der Waals surface area contributed by atoms with Crippen LogP contribution in [0.2, 0.25) is 0 Å². The number of carbonyl (C=O) groups is 3. The van der Waals surface area contributed by atoms with Crippen molar-refractivity contribution >= 4 is 44.3 Å². The highest BCUT2D eigenvalue weighted by molar-refractivity contribution is 7.89. The van der Waals surface area contributed by atoms with E-state index < -0.39 is 22.0 Å². The minimum absolute atomic E-state index is 0.106. The Bertz CT molecular complexity index is 1360. The lowest BCUT2D eigenvalue weighted by atomic mass is 10.0. The van der Waals surface area contributed by atoms with Crippen LogP contribution in [0, 0.1) is 0 Å². The molecule has 2 aliphatic rings. The summed E-state index contributed by atoms with van der Waals surface area (Å²) in [5.74, 6) is -0.533. The van der Waals surface area contributed by atoms with Crippen molar-refractivity contribution in [3.63, 3.8) is 0 Å². The summed E-state index contributed by atoms with van der Waals surface area (Å²) in [6, 6.07) is 5.97. The SMILES string of the molecule is CCCCN(CCCC)S(=O)(=O)c1ccc(C(=O)Nc2sc3c(c2C(=O)N2CCCC2)CCN(C(=O)OCC)C3)cc1. The Labute approximate surface area is 253 Å². The van der Waals surface area contributed by atoms with E-state index in [1.54, 1.807) is 11.8 Å². The second kappa shape index (κ2) is 14.5. The number of nitrogens with one attached hydrogen (secondary N) is 1. The molecule has 10 nitrogen and oxygen atoms in total. The van der Waals surface area contributed by atoms with Crippen molar-refractivity contribution in [2.45, 2.75) is 77.2 Å². The van der Waals surface area contributed by atoms with E-state index in [9.17, 15) is 22.8 Å². The third-order valence-electron chi connectivity index (χ3n) is 7.69. The zero-order valence-corrected chi connectivity index (χ0v) is 26.4. The zero-order chi connectivity index (χ0) is 30.3. The van der Waals surface area contributed by atoms with E-state index in [1.165, 1.54) is 39.9 Å². The van der Waals surface area contributed by atoms with Crippen LogP contribution in [-0.4, -0.2) is 79.8 Å². The highest BCUT2D eigenvalue weighted by atomic mass is 32.2. The van der Waals surface area contributed by atoms with Crippen molar-refractivity contribution in [3.8, 4) is 0 Å². The first-order chi connectivity index (χ1) is 20.2. The molecule has 0 unspecified atom stereocenters. The number of carbonyl (C=O) groups excluding carboxylic acids is 3. The van der Waals surface area contributed by atoms with Crippen LogP contribution in [0.4, 0.5) is 9.80 Å². The lowest BCUT2D eigenvalue weighted by molar-refractivity contribution is 0.0792. The third kappa shape index (κ3) is 7.15. The van der Waals surface area contributed by atoms with Crippen LogP contribution in [0.15, 0.2) is 29.2 Å². The molecule has 1 fully saturated rings. The van der Waals surface area contributed by atoms with Crippen LogP contribution >= 0.6 is 11.3 Å². The number of fused-ring (bicyclic) bond motifs is 1. The Hall–Kier alpha value is -2.96. The molecule has 0 atom stereocenters. The predicted molar refractivity (Wildman–Crippen MR) is 164 cm³/mol. The molecule has 1 aromatic carbocycles. The van der Waals surface area contributed by atoms with Gasteiger partial charge in [0.2, 0.25) is 10.0 Å². The number of benzene rings is 1. The van der Waals surface area contributed by atoms with Crippen molar-refractivity contribution < 1.29 is 27.5 Å². The number of thiophene rings is 1. The van der Waals surface area contributed by atoms with Gasteiger partial charge in [-0.2, -0.15) is 4.31 Å². The van der Waals surface area contributed by atoms with Gasteiger partial charge in [0.05, 0.1) is 23.6 Å². The molecule has 4 rings (SSSR count). The summed E-state index contributed by atoms with van der Waals surface area (Å²) < 4.78 is 33.4. The molecule has 2 aromatic rings. The normalized spacial score (nSPS) is 15.1. The lowest BCUT2D eigenvalue weighted by Gasteiger charge is -2.26. The smallest absolute Gasteiger partial charge is 0.410 e. The van der Waals surface area contributed by atoms with Crippen LogP contribution in [-0.2, 0) is 27.7 Å². The van der Waals surface area contributed by atoms with E-state index in [4.69, 9.17) is 4.74 Å². The number of rotatable bonds is 12. The van der Waals surface area contributed by atoms with Gasteiger partial charge in [0.25, 0.3) is 11.8 Å². The second-order valence-electron chi connectivity index (χ2n) is 10.7. The van der Waals surface area contributed by atoms with Gasteiger partial charge in [-0.1, -0.05) is 26.7 Å². The Kier molecular flexibility index (Phi) is 11.0. The van der Waals surface area contributed by atoms with Gasteiger partial charge < -0.3 is 19.9 Å². The van der Waals surface area contributed by atoms with Gasteiger partial charge in [-0.05, 0) is 68.9 Å². The lowest BCUT2D eigenvalue weighted by Crippen LogP contribution is -2.36. The molecule has 1 saturated heterocycles. The molecule has 2 aliphatic heterocycles. The predicted octanol–water partition coefficient (Wildman–Crippen LogP) is 5.34. The van der Waals surface area contributed by atoms with Crippen LogP contribution in [0.1, 0.15) is 90.5 Å². The molecule has 12 heteroatoms. The van der Waals surface area contributed by atoms with Gasteiger partial charge >= 0.3 is 6.09 Å². The first-order valence-corrected chi connectivity index (χ1v) is 17.2. The second-order valence-corrected chi connectivity index (χ2v) is 13.7. The summed E-state index contributed by atoms with van der Waals surface area (Å²) in [4.78, 5) is 43.8. The largest absolute Gasteiger partial charge is 0.450 e. The maximum atomic E-state index is 13.6. The molecule has 0 saturated carbocycles. The van der Waals surface area contributed by atoms with Gasteiger partial charge in [-0.3, -0.25) is 9.59 Å². The average molecular weight is 619 g/mol. The number of unbranched alkanes of at least 4 members (excludes halogenated alkanes) is 2. The van der Waals surface area contributed by atoms with E-state index in [0.717, 1.165) is 49.0 Å². The fourth-order valence-corrected chi connectivity index (χ4v) is 8.06. The summed E-state index contributed by atoms with van der Waals surface area (Å²) in [5.41, 5.74) is 1.66. The van der Waals surface area contributed by atoms with Crippen molar-refractivity contribution in [1.82, 2.24) is 14.1 Å². The molecule has 0 spiro atoms. The average Bonchev–Trinajstić information content (AvgIpc) is 3.65. The summed E-state index contributed by atoms with van der Waals surface area (Å²) in [6.07, 6.45) is 5.34. The van der Waals surface area contributed by atoms with Crippen LogP contribution < -0.4 is 5.32 Å². The molecule has 0 bridgehead atoms. The van der Waals surface area contributed by atoms with Gasteiger partial charge in [0, 0.05) is 43.2 Å². The minimum Gasteiger partial charge on any atom is -0.450 e. The number of hydrogen-bond donors (Lipinski definition) is 1. The Balaban J connectivity index is 1.57. The van der Waals surface area contributed by atoms with E-state index >= 15 is 0 Å². The number of hydrogen-bond acceptors (Lipinski definition) is 7. The van der Waals surface area contributed by atoms with Gasteiger partial charge in [-0.25, -0.2) is 13.2 Å². The first kappa shape index (κ1) is 32.0. The summed E-state index contributed by atoms with van der Waals surface area (Å²) in [7, 11) is -3.68. The maximum Gasteiger partial charge on any atom is 0.410 e. The minimum atomic E-state index is -3.68. The topological polar surface area (TPSA) is 116 Å². The van der Waals surface area contributed by atoms with Crippen LogP contribution in [0.25, 0.3) is 0 Å². The van der Waals surface area contributed by atoms with E-state index in [2.05, 4.69) is 5.32 Å². The number of likely N-dealkylation sites (tertiary alicyclic amines) is 1. The summed E-state index contributed by atoms with van der Waals surface area (Å²) >= 11 is 1.31.